The number of carbonyl (C=O) groups is 1. The summed E-state index contributed by atoms with van der Waals surface area (Å²) in [6.07, 6.45) is 3.58. The molecule has 3 rings (SSSR count). The van der Waals surface area contributed by atoms with E-state index in [4.69, 9.17) is 4.84 Å². The second kappa shape index (κ2) is 7.57. The minimum Gasteiger partial charge on any atom is -0.382 e. The number of aromatic nitrogens is 1. The van der Waals surface area contributed by atoms with E-state index in [0.717, 1.165) is 16.8 Å². The van der Waals surface area contributed by atoms with Crippen LogP contribution in [0.3, 0.4) is 0 Å². The maximum Gasteiger partial charge on any atom is 0.267 e. The monoisotopic (exact) mass is 343 g/mol. The molecule has 0 spiro atoms. The smallest absolute Gasteiger partial charge is 0.267 e. The van der Waals surface area contributed by atoms with Crippen molar-refractivity contribution in [1.29, 1.82) is 0 Å². The molecular weight excluding hydrogens is 322 g/mol. The van der Waals surface area contributed by atoms with Crippen molar-refractivity contribution < 1.29 is 9.63 Å². The SMILES string of the molecule is CC(C)C1=NOC(C(=O)N(Cc2cccnc2)Cc2ccsc2)C1. The Balaban J connectivity index is 1.73. The Bertz CT molecular complexity index is 698. The van der Waals surface area contributed by atoms with Crippen LogP contribution in [-0.2, 0) is 22.7 Å². The van der Waals surface area contributed by atoms with Crippen molar-refractivity contribution >= 4 is 23.0 Å². The lowest BCUT2D eigenvalue weighted by Crippen LogP contribution is -2.38. The number of thiophene rings is 1. The molecule has 0 bridgehead atoms. The fourth-order valence-corrected chi connectivity index (χ4v) is 3.26. The van der Waals surface area contributed by atoms with E-state index in [0.29, 0.717) is 25.4 Å². The molecule has 0 saturated carbocycles. The predicted molar refractivity (Wildman–Crippen MR) is 94.6 cm³/mol. The van der Waals surface area contributed by atoms with Gasteiger partial charge in [-0.05, 0) is 39.9 Å². The fourth-order valence-electron chi connectivity index (χ4n) is 2.60. The van der Waals surface area contributed by atoms with Gasteiger partial charge in [-0.3, -0.25) is 9.78 Å². The molecule has 0 N–H and O–H groups in total. The topological polar surface area (TPSA) is 54.8 Å². The summed E-state index contributed by atoms with van der Waals surface area (Å²) in [5, 5.41) is 8.17. The first kappa shape index (κ1) is 16.6. The number of nitrogens with zero attached hydrogens (tertiary/aromatic N) is 3. The molecule has 1 unspecified atom stereocenters. The number of hydrogen-bond donors (Lipinski definition) is 0. The van der Waals surface area contributed by atoms with Crippen LogP contribution >= 0.6 is 11.3 Å². The van der Waals surface area contributed by atoms with E-state index < -0.39 is 6.10 Å². The average molecular weight is 343 g/mol. The molecule has 0 aromatic carbocycles. The molecule has 24 heavy (non-hydrogen) atoms. The second-order valence-corrected chi connectivity index (χ2v) is 7.00. The number of carbonyl (C=O) groups excluding carboxylic acids is 1. The normalized spacial score (nSPS) is 16.8. The van der Waals surface area contributed by atoms with Gasteiger partial charge in [0.2, 0.25) is 6.10 Å². The van der Waals surface area contributed by atoms with Crippen LogP contribution in [0.5, 0.6) is 0 Å². The lowest BCUT2D eigenvalue weighted by atomic mass is 10.0. The largest absolute Gasteiger partial charge is 0.382 e. The first-order chi connectivity index (χ1) is 11.6. The summed E-state index contributed by atoms with van der Waals surface area (Å²) in [6.45, 7) is 5.20. The average Bonchev–Trinajstić information content (AvgIpc) is 3.26. The van der Waals surface area contributed by atoms with Crippen LogP contribution in [-0.4, -0.2) is 27.6 Å². The number of pyridine rings is 1. The summed E-state index contributed by atoms with van der Waals surface area (Å²) in [6, 6.07) is 5.90. The van der Waals surface area contributed by atoms with Crippen molar-refractivity contribution in [3.63, 3.8) is 0 Å². The number of rotatable bonds is 6. The molecule has 5 nitrogen and oxygen atoms in total. The van der Waals surface area contributed by atoms with Crippen LogP contribution in [0.25, 0.3) is 0 Å². The van der Waals surface area contributed by atoms with Gasteiger partial charge in [0.1, 0.15) is 0 Å². The highest BCUT2D eigenvalue weighted by Gasteiger charge is 2.32. The van der Waals surface area contributed by atoms with Crippen molar-refractivity contribution in [2.24, 2.45) is 11.1 Å². The maximum atomic E-state index is 13.0. The van der Waals surface area contributed by atoms with Gasteiger partial charge in [0.25, 0.3) is 5.91 Å². The molecule has 3 heterocycles. The fraction of sp³-hybridized carbons (Fsp3) is 0.389. The van der Waals surface area contributed by atoms with Crippen molar-refractivity contribution in [3.05, 3.63) is 52.5 Å². The molecule has 2 aromatic heterocycles. The second-order valence-electron chi connectivity index (χ2n) is 6.22. The molecular formula is C18H21N3O2S. The van der Waals surface area contributed by atoms with Gasteiger partial charge in [-0.1, -0.05) is 25.1 Å². The Morgan fingerprint density at radius 2 is 2.21 bits per heavy atom. The molecule has 6 heteroatoms. The summed E-state index contributed by atoms with van der Waals surface area (Å²) >= 11 is 1.63. The summed E-state index contributed by atoms with van der Waals surface area (Å²) < 4.78 is 0. The zero-order valence-electron chi connectivity index (χ0n) is 13.9. The first-order valence-corrected chi connectivity index (χ1v) is 8.99. The number of hydrogen-bond acceptors (Lipinski definition) is 5. The van der Waals surface area contributed by atoms with Crippen LogP contribution in [0.1, 0.15) is 31.4 Å². The number of oxime groups is 1. The molecule has 1 aliphatic rings. The van der Waals surface area contributed by atoms with E-state index in [2.05, 4.69) is 29.4 Å². The zero-order valence-corrected chi connectivity index (χ0v) is 14.7. The van der Waals surface area contributed by atoms with Gasteiger partial charge in [-0.2, -0.15) is 11.3 Å². The van der Waals surface area contributed by atoms with Gasteiger partial charge in [0.15, 0.2) is 0 Å². The highest BCUT2D eigenvalue weighted by molar-refractivity contribution is 7.07. The summed E-state index contributed by atoms with van der Waals surface area (Å²) in [7, 11) is 0. The van der Waals surface area contributed by atoms with Crippen molar-refractivity contribution in [2.45, 2.75) is 39.5 Å². The van der Waals surface area contributed by atoms with Gasteiger partial charge in [-0.25, -0.2) is 0 Å². The lowest BCUT2D eigenvalue weighted by Gasteiger charge is -2.24. The van der Waals surface area contributed by atoms with Crippen LogP contribution in [0, 0.1) is 5.92 Å². The van der Waals surface area contributed by atoms with Gasteiger partial charge in [0, 0.05) is 31.9 Å². The Kier molecular flexibility index (Phi) is 5.25. The summed E-state index contributed by atoms with van der Waals surface area (Å²) in [5.74, 6) is 0.274. The van der Waals surface area contributed by atoms with E-state index in [-0.39, 0.29) is 5.91 Å². The molecule has 1 amide bonds. The minimum absolute atomic E-state index is 0.0237. The third-order valence-electron chi connectivity index (χ3n) is 4.00. The molecule has 2 aromatic rings. The molecule has 0 fully saturated rings. The van der Waals surface area contributed by atoms with Crippen molar-refractivity contribution in [2.75, 3.05) is 0 Å². The van der Waals surface area contributed by atoms with E-state index in [1.165, 1.54) is 0 Å². The highest BCUT2D eigenvalue weighted by Crippen LogP contribution is 2.21. The molecule has 0 radical (unpaired) electrons. The maximum absolute atomic E-state index is 13.0. The molecule has 1 atom stereocenters. The van der Waals surface area contributed by atoms with Crippen molar-refractivity contribution in [3.8, 4) is 0 Å². The quantitative estimate of drug-likeness (QED) is 0.807. The molecule has 0 aliphatic carbocycles. The van der Waals surface area contributed by atoms with E-state index >= 15 is 0 Å². The van der Waals surface area contributed by atoms with E-state index in [9.17, 15) is 4.79 Å². The first-order valence-electron chi connectivity index (χ1n) is 8.05. The van der Waals surface area contributed by atoms with Crippen LogP contribution in [0.4, 0.5) is 0 Å². The summed E-state index contributed by atoms with van der Waals surface area (Å²) in [5.41, 5.74) is 3.08. The molecule has 1 aliphatic heterocycles. The van der Waals surface area contributed by atoms with E-state index in [1.807, 2.05) is 28.5 Å². The van der Waals surface area contributed by atoms with Gasteiger partial charge >= 0.3 is 0 Å². The van der Waals surface area contributed by atoms with Crippen LogP contribution < -0.4 is 0 Å². The Labute approximate surface area is 146 Å². The standard InChI is InChI=1S/C18H21N3O2S/c1-13(2)16-8-17(23-20-16)18(22)21(11-15-5-7-24-12-15)10-14-4-3-6-19-9-14/h3-7,9,12-13,17H,8,10-11H2,1-2H3. The van der Waals surface area contributed by atoms with Gasteiger partial charge < -0.3 is 9.74 Å². The van der Waals surface area contributed by atoms with Crippen LogP contribution in [0.15, 0.2) is 46.5 Å². The number of amides is 1. The third kappa shape index (κ3) is 4.00. The predicted octanol–water partition coefficient (Wildman–Crippen LogP) is 3.47. The summed E-state index contributed by atoms with van der Waals surface area (Å²) in [4.78, 5) is 24.3. The Hall–Kier alpha value is -2.21. The van der Waals surface area contributed by atoms with Crippen LogP contribution in [0.2, 0.25) is 0 Å². The molecule has 126 valence electrons. The minimum atomic E-state index is -0.516. The molecule has 0 saturated heterocycles. The Morgan fingerprint density at radius 3 is 2.83 bits per heavy atom. The Morgan fingerprint density at radius 1 is 1.38 bits per heavy atom. The van der Waals surface area contributed by atoms with Crippen molar-refractivity contribution in [1.82, 2.24) is 9.88 Å². The highest BCUT2D eigenvalue weighted by atomic mass is 32.1. The third-order valence-corrected chi connectivity index (χ3v) is 4.73. The lowest BCUT2D eigenvalue weighted by molar-refractivity contribution is -0.143. The van der Waals surface area contributed by atoms with Gasteiger partial charge in [-0.15, -0.1) is 0 Å². The van der Waals surface area contributed by atoms with Gasteiger partial charge in [0.05, 0.1) is 5.71 Å². The van der Waals surface area contributed by atoms with E-state index in [1.54, 1.807) is 23.7 Å². The zero-order chi connectivity index (χ0) is 16.9.